The summed E-state index contributed by atoms with van der Waals surface area (Å²) in [5.74, 6) is -0.0319. The van der Waals surface area contributed by atoms with Gasteiger partial charge in [0, 0.05) is 0 Å². The van der Waals surface area contributed by atoms with Gasteiger partial charge in [-0.3, -0.25) is 0 Å². The van der Waals surface area contributed by atoms with Crippen LogP contribution < -0.4 is 10.5 Å². The zero-order valence-corrected chi connectivity index (χ0v) is 12.5. The minimum absolute atomic E-state index is 0.346. The van der Waals surface area contributed by atoms with Gasteiger partial charge in [-0.05, 0) is 36.5 Å². The lowest BCUT2D eigenvalue weighted by Crippen LogP contribution is -2.33. The highest BCUT2D eigenvalue weighted by Gasteiger charge is 2.44. The maximum atomic E-state index is 12.9. The van der Waals surface area contributed by atoms with E-state index in [1.807, 2.05) is 13.8 Å². The van der Waals surface area contributed by atoms with Crippen molar-refractivity contribution < 1.29 is 27.4 Å². The Labute approximate surface area is 127 Å². The molecule has 0 saturated heterocycles. The van der Waals surface area contributed by atoms with Gasteiger partial charge in [0.05, 0.1) is 12.1 Å². The van der Waals surface area contributed by atoms with E-state index in [4.69, 9.17) is 5.73 Å². The molecular formula is C15H21F4NO2. The van der Waals surface area contributed by atoms with Gasteiger partial charge in [-0.1, -0.05) is 26.0 Å². The summed E-state index contributed by atoms with van der Waals surface area (Å²) in [6.45, 7) is 4.00. The summed E-state index contributed by atoms with van der Waals surface area (Å²) in [7, 11) is 0. The van der Waals surface area contributed by atoms with E-state index in [1.165, 1.54) is 12.1 Å². The van der Waals surface area contributed by atoms with Gasteiger partial charge in [0.1, 0.15) is 5.75 Å². The molecule has 2 atom stereocenters. The smallest absolute Gasteiger partial charge is 0.428 e. The van der Waals surface area contributed by atoms with E-state index in [0.29, 0.717) is 17.9 Å². The number of aliphatic hydroxyl groups is 1. The Bertz CT molecular complexity index is 469. The molecule has 1 rings (SSSR count). The van der Waals surface area contributed by atoms with Crippen LogP contribution in [-0.4, -0.2) is 23.7 Å². The van der Waals surface area contributed by atoms with Gasteiger partial charge in [0.15, 0.2) is 0 Å². The summed E-state index contributed by atoms with van der Waals surface area (Å²) >= 11 is 0. The van der Waals surface area contributed by atoms with Crippen molar-refractivity contribution in [3.63, 3.8) is 0 Å². The number of rotatable bonds is 8. The van der Waals surface area contributed by atoms with Crippen LogP contribution in [0.2, 0.25) is 0 Å². The third-order valence-electron chi connectivity index (χ3n) is 3.21. The number of nitrogens with two attached hydrogens (primary N) is 1. The number of aliphatic hydroxyl groups excluding tert-OH is 1. The fourth-order valence-corrected chi connectivity index (χ4v) is 1.89. The van der Waals surface area contributed by atoms with Crippen molar-refractivity contribution in [2.24, 2.45) is 11.7 Å². The van der Waals surface area contributed by atoms with Crippen LogP contribution in [0.1, 0.15) is 38.3 Å². The lowest BCUT2D eigenvalue weighted by Gasteiger charge is -2.22. The average Bonchev–Trinajstić information content (AvgIpc) is 2.43. The highest BCUT2D eigenvalue weighted by molar-refractivity contribution is 5.31. The Hall–Kier alpha value is -1.34. The van der Waals surface area contributed by atoms with Crippen molar-refractivity contribution >= 4 is 0 Å². The lowest BCUT2D eigenvalue weighted by molar-refractivity contribution is -0.253. The standard InChI is InChI=1S/C15H21F4NO2/c1-9(2)6-7-12(21)13(20)10-4-3-5-11(8-10)22-15(18,19)14(16)17/h3-5,8-9,12-14,21H,6-7,20H2,1-2H3/t12-,13+/m1/s1. The molecular weight excluding hydrogens is 302 g/mol. The lowest BCUT2D eigenvalue weighted by atomic mass is 9.96. The molecule has 1 aromatic carbocycles. The maximum absolute atomic E-state index is 12.9. The molecule has 0 aliphatic carbocycles. The minimum atomic E-state index is -4.57. The summed E-state index contributed by atoms with van der Waals surface area (Å²) in [5, 5.41) is 10.00. The Morgan fingerprint density at radius 2 is 1.86 bits per heavy atom. The summed E-state index contributed by atoms with van der Waals surface area (Å²) in [5.41, 5.74) is 6.22. The van der Waals surface area contributed by atoms with Gasteiger partial charge >= 0.3 is 12.5 Å². The fourth-order valence-electron chi connectivity index (χ4n) is 1.89. The summed E-state index contributed by atoms with van der Waals surface area (Å²) < 4.78 is 54.0. The van der Waals surface area contributed by atoms with Crippen LogP contribution in [0.25, 0.3) is 0 Å². The first-order valence-electron chi connectivity index (χ1n) is 7.02. The van der Waals surface area contributed by atoms with Gasteiger partial charge in [-0.15, -0.1) is 0 Å². The van der Waals surface area contributed by atoms with E-state index in [9.17, 15) is 22.7 Å². The molecule has 3 nitrogen and oxygen atoms in total. The first kappa shape index (κ1) is 18.7. The Balaban J connectivity index is 2.78. The largest absolute Gasteiger partial charge is 0.461 e. The number of ether oxygens (including phenoxy) is 1. The molecule has 0 amide bonds. The molecule has 1 aromatic rings. The molecule has 0 radical (unpaired) electrons. The second-order valence-electron chi connectivity index (χ2n) is 5.60. The van der Waals surface area contributed by atoms with Crippen molar-refractivity contribution in [2.45, 2.75) is 51.4 Å². The summed E-state index contributed by atoms with van der Waals surface area (Å²) in [6.07, 6.45) is -8.14. The predicted octanol–water partition coefficient (Wildman–Crippen LogP) is 3.72. The van der Waals surface area contributed by atoms with E-state index in [-0.39, 0.29) is 0 Å². The summed E-state index contributed by atoms with van der Waals surface area (Å²) in [4.78, 5) is 0. The van der Waals surface area contributed by atoms with Crippen LogP contribution in [0.4, 0.5) is 17.6 Å². The number of halogens is 4. The van der Waals surface area contributed by atoms with Crippen LogP contribution in [0.3, 0.4) is 0 Å². The highest BCUT2D eigenvalue weighted by Crippen LogP contribution is 2.29. The Morgan fingerprint density at radius 3 is 2.41 bits per heavy atom. The molecule has 0 aliphatic rings. The molecule has 22 heavy (non-hydrogen) atoms. The quantitative estimate of drug-likeness (QED) is 0.717. The van der Waals surface area contributed by atoms with Crippen molar-refractivity contribution in [1.29, 1.82) is 0 Å². The van der Waals surface area contributed by atoms with Crippen LogP contribution in [-0.2, 0) is 0 Å². The maximum Gasteiger partial charge on any atom is 0.461 e. The van der Waals surface area contributed by atoms with Gasteiger partial charge < -0.3 is 15.6 Å². The molecule has 0 heterocycles. The molecule has 3 N–H and O–H groups in total. The number of hydrogen-bond acceptors (Lipinski definition) is 3. The zero-order chi connectivity index (χ0) is 16.9. The molecule has 0 fully saturated rings. The van der Waals surface area contributed by atoms with Crippen LogP contribution in [0.15, 0.2) is 24.3 Å². The molecule has 7 heteroatoms. The number of hydrogen-bond donors (Lipinski definition) is 2. The van der Waals surface area contributed by atoms with Gasteiger partial charge in [-0.2, -0.15) is 17.6 Å². The van der Waals surface area contributed by atoms with Crippen molar-refractivity contribution in [1.82, 2.24) is 0 Å². The SMILES string of the molecule is CC(C)CC[C@@H](O)[C@@H](N)c1cccc(OC(F)(F)C(F)F)c1. The normalized spacial score (nSPS) is 15.2. The van der Waals surface area contributed by atoms with Crippen molar-refractivity contribution in [3.8, 4) is 5.75 Å². The topological polar surface area (TPSA) is 55.5 Å². The predicted molar refractivity (Wildman–Crippen MR) is 75.0 cm³/mol. The van der Waals surface area contributed by atoms with Gasteiger partial charge in [0.25, 0.3) is 0 Å². The minimum Gasteiger partial charge on any atom is -0.428 e. The Kier molecular flexibility index (Phi) is 6.62. The third-order valence-corrected chi connectivity index (χ3v) is 3.21. The van der Waals surface area contributed by atoms with Crippen molar-refractivity contribution in [2.75, 3.05) is 0 Å². The van der Waals surface area contributed by atoms with E-state index >= 15 is 0 Å². The number of alkyl halides is 4. The van der Waals surface area contributed by atoms with E-state index in [0.717, 1.165) is 18.6 Å². The first-order chi connectivity index (χ1) is 10.1. The van der Waals surface area contributed by atoms with E-state index in [2.05, 4.69) is 4.74 Å². The molecule has 126 valence electrons. The monoisotopic (exact) mass is 323 g/mol. The number of benzene rings is 1. The van der Waals surface area contributed by atoms with Gasteiger partial charge in [0.2, 0.25) is 0 Å². The third kappa shape index (κ3) is 5.46. The van der Waals surface area contributed by atoms with Gasteiger partial charge in [-0.25, -0.2) is 0 Å². The van der Waals surface area contributed by atoms with E-state index < -0.39 is 30.4 Å². The van der Waals surface area contributed by atoms with Crippen LogP contribution >= 0.6 is 0 Å². The van der Waals surface area contributed by atoms with E-state index in [1.54, 1.807) is 0 Å². The second-order valence-corrected chi connectivity index (χ2v) is 5.60. The molecule has 0 saturated carbocycles. The van der Waals surface area contributed by atoms with Crippen LogP contribution in [0.5, 0.6) is 5.75 Å². The zero-order valence-electron chi connectivity index (χ0n) is 12.5. The second kappa shape index (κ2) is 7.78. The summed E-state index contributed by atoms with van der Waals surface area (Å²) in [6, 6.07) is 4.35. The van der Waals surface area contributed by atoms with Crippen molar-refractivity contribution in [3.05, 3.63) is 29.8 Å². The molecule has 0 aliphatic heterocycles. The molecule has 0 bridgehead atoms. The molecule has 0 aromatic heterocycles. The van der Waals surface area contributed by atoms with Crippen LogP contribution in [0, 0.1) is 5.92 Å². The molecule has 0 spiro atoms. The first-order valence-corrected chi connectivity index (χ1v) is 7.02. The fraction of sp³-hybridized carbons (Fsp3) is 0.600. The molecule has 0 unspecified atom stereocenters. The highest BCUT2D eigenvalue weighted by atomic mass is 19.3. The average molecular weight is 323 g/mol. The Morgan fingerprint density at radius 1 is 1.23 bits per heavy atom.